The van der Waals surface area contributed by atoms with Gasteiger partial charge in [0.15, 0.2) is 5.92 Å². The van der Waals surface area contributed by atoms with Crippen LogP contribution in [0.3, 0.4) is 0 Å². The predicted molar refractivity (Wildman–Crippen MR) is 65.3 cm³/mol. The molecular formula is C11H13ClO4S. The lowest BCUT2D eigenvalue weighted by Crippen LogP contribution is -2.25. The van der Waals surface area contributed by atoms with Crippen LogP contribution in [0, 0.1) is 0 Å². The van der Waals surface area contributed by atoms with Crippen LogP contribution in [0.2, 0.25) is 5.02 Å². The zero-order valence-electron chi connectivity index (χ0n) is 9.57. The van der Waals surface area contributed by atoms with Gasteiger partial charge in [0.25, 0.3) is 0 Å². The number of ether oxygens (including phenoxy) is 2. The lowest BCUT2D eigenvalue weighted by molar-refractivity contribution is -0.156. The molecule has 0 aliphatic carbocycles. The summed E-state index contributed by atoms with van der Waals surface area (Å²) in [7, 11) is 0. The van der Waals surface area contributed by atoms with Gasteiger partial charge in [0, 0.05) is 4.88 Å². The molecular weight excluding hydrogens is 264 g/mol. The summed E-state index contributed by atoms with van der Waals surface area (Å²) in [5.41, 5.74) is 0. The number of halogens is 1. The van der Waals surface area contributed by atoms with Crippen molar-refractivity contribution in [3.05, 3.63) is 21.3 Å². The molecule has 0 aliphatic rings. The highest BCUT2D eigenvalue weighted by atomic mass is 35.5. The summed E-state index contributed by atoms with van der Waals surface area (Å²) in [6.07, 6.45) is 0. The maximum Gasteiger partial charge on any atom is 0.325 e. The lowest BCUT2D eigenvalue weighted by atomic mass is 10.1. The third-order valence-electron chi connectivity index (χ3n) is 1.95. The number of thiophene rings is 1. The summed E-state index contributed by atoms with van der Waals surface area (Å²) in [5, 5.41) is 2.09. The zero-order valence-corrected chi connectivity index (χ0v) is 11.1. The monoisotopic (exact) mass is 276 g/mol. The van der Waals surface area contributed by atoms with Crippen molar-refractivity contribution in [3.8, 4) is 0 Å². The second-order valence-electron chi connectivity index (χ2n) is 3.07. The first-order valence-corrected chi connectivity index (χ1v) is 6.43. The molecule has 17 heavy (non-hydrogen) atoms. The van der Waals surface area contributed by atoms with E-state index in [2.05, 4.69) is 0 Å². The Hall–Kier alpha value is -1.07. The van der Waals surface area contributed by atoms with Gasteiger partial charge in [-0.3, -0.25) is 9.59 Å². The van der Waals surface area contributed by atoms with E-state index in [-0.39, 0.29) is 13.2 Å². The fourth-order valence-electron chi connectivity index (χ4n) is 1.27. The Balaban J connectivity index is 2.98. The third-order valence-corrected chi connectivity index (χ3v) is 3.37. The second-order valence-corrected chi connectivity index (χ2v) is 4.42. The maximum atomic E-state index is 11.7. The van der Waals surface area contributed by atoms with E-state index in [1.165, 1.54) is 11.3 Å². The average molecular weight is 277 g/mol. The van der Waals surface area contributed by atoms with Crippen LogP contribution in [0.15, 0.2) is 11.4 Å². The van der Waals surface area contributed by atoms with Crippen LogP contribution in [0.5, 0.6) is 0 Å². The summed E-state index contributed by atoms with van der Waals surface area (Å²) < 4.78 is 9.72. The smallest absolute Gasteiger partial charge is 0.325 e. The molecule has 1 aromatic rings. The first-order chi connectivity index (χ1) is 8.11. The van der Waals surface area contributed by atoms with Crippen LogP contribution in [0.4, 0.5) is 0 Å². The van der Waals surface area contributed by atoms with E-state index >= 15 is 0 Å². The van der Waals surface area contributed by atoms with Gasteiger partial charge in [0.2, 0.25) is 0 Å². The van der Waals surface area contributed by atoms with E-state index < -0.39 is 17.9 Å². The molecule has 0 amide bonds. The molecule has 1 rings (SSSR count). The van der Waals surface area contributed by atoms with Crippen molar-refractivity contribution in [1.29, 1.82) is 0 Å². The Kier molecular flexibility index (Phi) is 5.44. The Morgan fingerprint density at radius 3 is 2.18 bits per heavy atom. The molecule has 1 heterocycles. The Labute approximate surface area is 108 Å². The summed E-state index contributed by atoms with van der Waals surface area (Å²) in [6.45, 7) is 3.77. The number of hydrogen-bond acceptors (Lipinski definition) is 5. The van der Waals surface area contributed by atoms with Crippen LogP contribution >= 0.6 is 22.9 Å². The Bertz CT molecular complexity index is 384. The minimum absolute atomic E-state index is 0.206. The number of hydrogen-bond donors (Lipinski definition) is 0. The quantitative estimate of drug-likeness (QED) is 0.613. The second kappa shape index (κ2) is 6.61. The highest BCUT2D eigenvalue weighted by molar-refractivity contribution is 7.11. The van der Waals surface area contributed by atoms with Gasteiger partial charge in [0.1, 0.15) is 0 Å². The standard InChI is InChI=1S/C11H13ClO4S/c1-3-15-10(13)8(11(14)16-4-2)9-7(12)5-6-17-9/h5-6,8H,3-4H2,1-2H3. The van der Waals surface area contributed by atoms with Crippen LogP contribution in [0.1, 0.15) is 24.6 Å². The van der Waals surface area contributed by atoms with Crippen molar-refractivity contribution in [1.82, 2.24) is 0 Å². The van der Waals surface area contributed by atoms with E-state index in [0.717, 1.165) is 0 Å². The van der Waals surface area contributed by atoms with E-state index in [0.29, 0.717) is 9.90 Å². The molecule has 0 fully saturated rings. The van der Waals surface area contributed by atoms with Crippen LogP contribution in [-0.4, -0.2) is 25.2 Å². The lowest BCUT2D eigenvalue weighted by Gasteiger charge is -2.13. The van der Waals surface area contributed by atoms with Crippen molar-refractivity contribution >= 4 is 34.9 Å². The average Bonchev–Trinajstić information content (AvgIpc) is 2.66. The summed E-state index contributed by atoms with van der Waals surface area (Å²) >= 11 is 7.15. The van der Waals surface area contributed by atoms with Crippen LogP contribution in [-0.2, 0) is 19.1 Å². The minimum atomic E-state index is -1.08. The third kappa shape index (κ3) is 3.44. The first kappa shape index (κ1) is 14.0. The molecule has 0 saturated heterocycles. The molecule has 4 nitrogen and oxygen atoms in total. The van der Waals surface area contributed by atoms with Crippen molar-refractivity contribution in [2.75, 3.05) is 13.2 Å². The van der Waals surface area contributed by atoms with Gasteiger partial charge in [-0.05, 0) is 25.3 Å². The number of carbonyl (C=O) groups is 2. The van der Waals surface area contributed by atoms with Gasteiger partial charge in [0.05, 0.1) is 18.2 Å². The van der Waals surface area contributed by atoms with E-state index in [1.54, 1.807) is 25.3 Å². The van der Waals surface area contributed by atoms with Gasteiger partial charge in [-0.2, -0.15) is 0 Å². The van der Waals surface area contributed by atoms with Crippen molar-refractivity contribution in [3.63, 3.8) is 0 Å². The highest BCUT2D eigenvalue weighted by Gasteiger charge is 2.34. The van der Waals surface area contributed by atoms with Crippen molar-refractivity contribution in [2.45, 2.75) is 19.8 Å². The summed E-state index contributed by atoms with van der Waals surface area (Å²) in [4.78, 5) is 23.9. The molecule has 0 spiro atoms. The minimum Gasteiger partial charge on any atom is -0.465 e. The molecule has 1 aromatic heterocycles. The highest BCUT2D eigenvalue weighted by Crippen LogP contribution is 2.31. The topological polar surface area (TPSA) is 52.6 Å². The van der Waals surface area contributed by atoms with Crippen LogP contribution in [0.25, 0.3) is 0 Å². The largest absolute Gasteiger partial charge is 0.465 e. The van der Waals surface area contributed by atoms with E-state index in [4.69, 9.17) is 21.1 Å². The number of esters is 2. The van der Waals surface area contributed by atoms with Crippen molar-refractivity contribution < 1.29 is 19.1 Å². The molecule has 0 aromatic carbocycles. The molecule has 0 radical (unpaired) electrons. The maximum absolute atomic E-state index is 11.7. The normalized spacial score (nSPS) is 10.4. The van der Waals surface area contributed by atoms with Crippen molar-refractivity contribution in [2.24, 2.45) is 0 Å². The van der Waals surface area contributed by atoms with Gasteiger partial charge < -0.3 is 9.47 Å². The Morgan fingerprint density at radius 1 is 1.29 bits per heavy atom. The van der Waals surface area contributed by atoms with Gasteiger partial charge in [-0.25, -0.2) is 0 Å². The Morgan fingerprint density at radius 2 is 1.82 bits per heavy atom. The molecule has 0 bridgehead atoms. The number of rotatable bonds is 5. The molecule has 6 heteroatoms. The van der Waals surface area contributed by atoms with Crippen LogP contribution < -0.4 is 0 Å². The molecule has 0 N–H and O–H groups in total. The summed E-state index contributed by atoms with van der Waals surface area (Å²) in [6, 6.07) is 1.63. The molecule has 0 atom stereocenters. The zero-order chi connectivity index (χ0) is 12.8. The fraction of sp³-hybridized carbons (Fsp3) is 0.455. The molecule has 94 valence electrons. The van der Waals surface area contributed by atoms with E-state index in [1.807, 2.05) is 0 Å². The predicted octanol–water partition coefficient (Wildman–Crippen LogP) is 2.61. The van der Waals surface area contributed by atoms with Gasteiger partial charge >= 0.3 is 11.9 Å². The van der Waals surface area contributed by atoms with Gasteiger partial charge in [-0.1, -0.05) is 11.6 Å². The molecule has 0 saturated carbocycles. The van der Waals surface area contributed by atoms with Gasteiger partial charge in [-0.15, -0.1) is 11.3 Å². The molecule has 0 unspecified atom stereocenters. The van der Waals surface area contributed by atoms with E-state index in [9.17, 15) is 9.59 Å². The first-order valence-electron chi connectivity index (χ1n) is 5.17. The SMILES string of the molecule is CCOC(=O)C(C(=O)OCC)c1sccc1Cl. The number of carbonyl (C=O) groups excluding carboxylic acids is 2. The molecule has 0 aliphatic heterocycles. The summed E-state index contributed by atoms with van der Waals surface area (Å²) in [5.74, 6) is -2.34. The fourth-order valence-corrected chi connectivity index (χ4v) is 2.51.